The summed E-state index contributed by atoms with van der Waals surface area (Å²) in [6.45, 7) is 3.79. The van der Waals surface area contributed by atoms with E-state index in [-0.39, 0.29) is 0 Å². The standard InChI is InChI=1S/C8H10N3/c1-6-4-10-7-2-3-9-5-8(7)11-6/h9H,2-3,5H2,1H3. The Hall–Kier alpha value is -0.960. The molecule has 0 fully saturated rings. The summed E-state index contributed by atoms with van der Waals surface area (Å²) in [5, 5.41) is 3.25. The number of fused-ring (bicyclic) bond motifs is 1. The molecule has 2 rings (SSSR count). The van der Waals surface area contributed by atoms with Gasteiger partial charge in [0.05, 0.1) is 17.1 Å². The zero-order chi connectivity index (χ0) is 7.68. The van der Waals surface area contributed by atoms with Crippen molar-refractivity contribution in [2.45, 2.75) is 19.9 Å². The van der Waals surface area contributed by atoms with Crippen LogP contribution in [-0.4, -0.2) is 16.5 Å². The quantitative estimate of drug-likeness (QED) is 0.572. The minimum Gasteiger partial charge on any atom is -0.311 e. The van der Waals surface area contributed by atoms with Crippen LogP contribution in [0.15, 0.2) is 0 Å². The van der Waals surface area contributed by atoms with Crippen LogP contribution in [0.5, 0.6) is 0 Å². The fraction of sp³-hybridized carbons (Fsp3) is 0.500. The van der Waals surface area contributed by atoms with Gasteiger partial charge in [0.1, 0.15) is 6.20 Å². The van der Waals surface area contributed by atoms with E-state index in [0.717, 1.165) is 36.6 Å². The molecule has 0 bridgehead atoms. The first kappa shape index (κ1) is 6.73. The Morgan fingerprint density at radius 3 is 3.27 bits per heavy atom. The van der Waals surface area contributed by atoms with Crippen molar-refractivity contribution in [1.82, 2.24) is 15.3 Å². The van der Waals surface area contributed by atoms with Crippen LogP contribution in [0.3, 0.4) is 0 Å². The van der Waals surface area contributed by atoms with E-state index in [1.54, 1.807) is 0 Å². The number of aryl methyl sites for hydroxylation is 1. The lowest BCUT2D eigenvalue weighted by Gasteiger charge is -2.14. The minimum absolute atomic E-state index is 0.859. The largest absolute Gasteiger partial charge is 0.311 e. The van der Waals surface area contributed by atoms with Crippen LogP contribution in [0.2, 0.25) is 0 Å². The van der Waals surface area contributed by atoms with Crippen molar-refractivity contribution in [2.75, 3.05) is 6.54 Å². The fourth-order valence-corrected chi connectivity index (χ4v) is 1.26. The smallest absolute Gasteiger partial charge is 0.112 e. The first-order chi connectivity index (χ1) is 5.36. The summed E-state index contributed by atoms with van der Waals surface area (Å²) in [6.07, 6.45) is 3.86. The number of aromatic nitrogens is 2. The number of nitrogens with one attached hydrogen (secondary N) is 1. The van der Waals surface area contributed by atoms with Crippen molar-refractivity contribution in [3.05, 3.63) is 23.3 Å². The molecule has 3 nitrogen and oxygen atoms in total. The summed E-state index contributed by atoms with van der Waals surface area (Å²) < 4.78 is 0. The summed E-state index contributed by atoms with van der Waals surface area (Å²) in [5.41, 5.74) is 3.08. The molecule has 2 heterocycles. The summed E-state index contributed by atoms with van der Waals surface area (Å²) in [5.74, 6) is 0. The number of hydrogen-bond acceptors (Lipinski definition) is 3. The maximum absolute atomic E-state index is 4.33. The number of rotatable bonds is 0. The van der Waals surface area contributed by atoms with Gasteiger partial charge in [-0.05, 0) is 6.92 Å². The molecule has 57 valence electrons. The fourth-order valence-electron chi connectivity index (χ4n) is 1.26. The van der Waals surface area contributed by atoms with E-state index in [9.17, 15) is 0 Å². The summed E-state index contributed by atoms with van der Waals surface area (Å²) in [7, 11) is 0. The molecule has 0 saturated heterocycles. The predicted molar refractivity (Wildman–Crippen MR) is 41.0 cm³/mol. The maximum Gasteiger partial charge on any atom is 0.112 e. The highest BCUT2D eigenvalue weighted by Gasteiger charge is 2.10. The lowest BCUT2D eigenvalue weighted by molar-refractivity contribution is 0.609. The van der Waals surface area contributed by atoms with Gasteiger partial charge in [0.15, 0.2) is 0 Å². The third-order valence-corrected chi connectivity index (χ3v) is 1.82. The molecule has 1 aliphatic rings. The first-order valence-corrected chi connectivity index (χ1v) is 3.81. The maximum atomic E-state index is 4.33. The lowest BCUT2D eigenvalue weighted by Crippen LogP contribution is -2.25. The van der Waals surface area contributed by atoms with Crippen molar-refractivity contribution in [1.29, 1.82) is 0 Å². The monoisotopic (exact) mass is 148 g/mol. The van der Waals surface area contributed by atoms with Crippen LogP contribution < -0.4 is 5.32 Å². The molecule has 1 aromatic heterocycles. The second kappa shape index (κ2) is 2.58. The zero-order valence-electron chi connectivity index (χ0n) is 6.52. The molecule has 1 radical (unpaired) electrons. The first-order valence-electron chi connectivity index (χ1n) is 3.81. The van der Waals surface area contributed by atoms with Crippen LogP contribution in [0.1, 0.15) is 17.1 Å². The van der Waals surface area contributed by atoms with Crippen molar-refractivity contribution < 1.29 is 0 Å². The second-order valence-corrected chi connectivity index (χ2v) is 2.74. The molecular weight excluding hydrogens is 138 g/mol. The second-order valence-electron chi connectivity index (χ2n) is 2.74. The molecule has 1 aromatic rings. The Balaban J connectivity index is 2.43. The normalized spacial score (nSPS) is 16.1. The molecule has 0 unspecified atom stereocenters. The van der Waals surface area contributed by atoms with E-state index in [4.69, 9.17) is 0 Å². The molecule has 11 heavy (non-hydrogen) atoms. The van der Waals surface area contributed by atoms with Crippen LogP contribution in [0, 0.1) is 13.1 Å². The molecule has 3 heteroatoms. The van der Waals surface area contributed by atoms with Gasteiger partial charge in [-0.2, -0.15) is 0 Å². The average Bonchev–Trinajstić information content (AvgIpc) is 2.04. The van der Waals surface area contributed by atoms with Crippen LogP contribution in [0.4, 0.5) is 0 Å². The highest BCUT2D eigenvalue weighted by molar-refractivity contribution is 5.15. The van der Waals surface area contributed by atoms with E-state index >= 15 is 0 Å². The third kappa shape index (κ3) is 1.24. The molecule has 0 atom stereocenters. The van der Waals surface area contributed by atoms with Gasteiger partial charge in [-0.25, -0.2) is 4.98 Å². The molecular formula is C8H10N3. The van der Waals surface area contributed by atoms with Crippen molar-refractivity contribution >= 4 is 0 Å². The Morgan fingerprint density at radius 2 is 2.36 bits per heavy atom. The highest BCUT2D eigenvalue weighted by atomic mass is 14.9. The van der Waals surface area contributed by atoms with Gasteiger partial charge in [-0.15, -0.1) is 0 Å². The van der Waals surface area contributed by atoms with Gasteiger partial charge in [0.25, 0.3) is 0 Å². The SMILES string of the molecule is Cc1[c]nc2c(n1)CNCC2. The molecule has 0 amide bonds. The van der Waals surface area contributed by atoms with Crippen molar-refractivity contribution in [3.8, 4) is 0 Å². The number of hydrogen-bond donors (Lipinski definition) is 1. The van der Waals surface area contributed by atoms with Gasteiger partial charge >= 0.3 is 0 Å². The van der Waals surface area contributed by atoms with Crippen LogP contribution in [0.25, 0.3) is 0 Å². The van der Waals surface area contributed by atoms with E-state index < -0.39 is 0 Å². The van der Waals surface area contributed by atoms with E-state index in [2.05, 4.69) is 21.5 Å². The molecule has 0 aromatic carbocycles. The zero-order valence-corrected chi connectivity index (χ0v) is 6.52. The Labute approximate surface area is 65.9 Å². The summed E-state index contributed by atoms with van der Waals surface area (Å²) >= 11 is 0. The van der Waals surface area contributed by atoms with Crippen molar-refractivity contribution in [2.24, 2.45) is 0 Å². The third-order valence-electron chi connectivity index (χ3n) is 1.82. The van der Waals surface area contributed by atoms with Crippen molar-refractivity contribution in [3.63, 3.8) is 0 Å². The topological polar surface area (TPSA) is 37.8 Å². The Bertz CT molecular complexity index is 270. The Kier molecular flexibility index (Phi) is 1.58. The van der Waals surface area contributed by atoms with Gasteiger partial charge in [0, 0.05) is 19.5 Å². The van der Waals surface area contributed by atoms with E-state index in [0.29, 0.717) is 0 Å². The predicted octanol–water partition coefficient (Wildman–Crippen LogP) is 0.231. The molecule has 0 spiro atoms. The van der Waals surface area contributed by atoms with Crippen LogP contribution in [-0.2, 0) is 13.0 Å². The van der Waals surface area contributed by atoms with Gasteiger partial charge < -0.3 is 5.32 Å². The van der Waals surface area contributed by atoms with E-state index in [1.165, 1.54) is 0 Å². The average molecular weight is 148 g/mol. The van der Waals surface area contributed by atoms with Gasteiger partial charge in [-0.3, -0.25) is 4.98 Å². The number of nitrogens with zero attached hydrogens (tertiary/aromatic N) is 2. The Morgan fingerprint density at radius 1 is 1.45 bits per heavy atom. The summed E-state index contributed by atoms with van der Waals surface area (Å²) in [4.78, 5) is 8.52. The summed E-state index contributed by atoms with van der Waals surface area (Å²) in [6, 6.07) is 0. The minimum atomic E-state index is 0.859. The lowest BCUT2D eigenvalue weighted by atomic mass is 10.1. The van der Waals surface area contributed by atoms with E-state index in [1.807, 2.05) is 6.92 Å². The van der Waals surface area contributed by atoms with Gasteiger partial charge in [-0.1, -0.05) is 0 Å². The molecule has 1 aliphatic heterocycles. The van der Waals surface area contributed by atoms with Crippen LogP contribution >= 0.6 is 0 Å². The van der Waals surface area contributed by atoms with Gasteiger partial charge in [0.2, 0.25) is 0 Å². The molecule has 0 aliphatic carbocycles. The molecule has 1 N–H and O–H groups in total. The highest BCUT2D eigenvalue weighted by Crippen LogP contribution is 2.07. The molecule has 0 saturated carbocycles.